The van der Waals surface area contributed by atoms with Crippen molar-refractivity contribution in [1.29, 1.82) is 0 Å². The molecule has 2 aromatic rings. The summed E-state index contributed by atoms with van der Waals surface area (Å²) in [5.74, 6) is 0.704. The molecule has 1 unspecified atom stereocenters. The predicted molar refractivity (Wildman–Crippen MR) is 119 cm³/mol. The van der Waals surface area contributed by atoms with Crippen LogP contribution in [0.5, 0.6) is 0 Å². The van der Waals surface area contributed by atoms with E-state index in [9.17, 15) is 4.79 Å². The lowest BCUT2D eigenvalue weighted by Crippen LogP contribution is -2.48. The Labute approximate surface area is 172 Å². The van der Waals surface area contributed by atoms with Crippen LogP contribution in [-0.4, -0.2) is 22.3 Å². The van der Waals surface area contributed by atoms with E-state index in [1.54, 1.807) is 11.8 Å². The van der Waals surface area contributed by atoms with Crippen LogP contribution in [0.4, 0.5) is 5.69 Å². The molecule has 146 valence electrons. The van der Waals surface area contributed by atoms with Crippen molar-refractivity contribution in [3.8, 4) is 0 Å². The smallest absolute Gasteiger partial charge is 0.262 e. The summed E-state index contributed by atoms with van der Waals surface area (Å²) in [7, 11) is 0. The number of hydrogen-bond donors (Lipinski definition) is 1. The molecule has 1 saturated carbocycles. The van der Waals surface area contributed by atoms with Crippen molar-refractivity contribution in [3.63, 3.8) is 0 Å². The zero-order valence-electron chi connectivity index (χ0n) is 16.6. The lowest BCUT2D eigenvalue weighted by atomic mass is 9.85. The molecule has 0 radical (unpaired) electrons. The van der Waals surface area contributed by atoms with Crippen molar-refractivity contribution >= 4 is 29.4 Å². The first-order valence-corrected chi connectivity index (χ1v) is 11.1. The summed E-state index contributed by atoms with van der Waals surface area (Å²) in [5.41, 5.74) is 3.31. The lowest BCUT2D eigenvalue weighted by Gasteiger charge is -2.39. The largest absolute Gasteiger partial charge is 0.356 e. The van der Waals surface area contributed by atoms with Gasteiger partial charge in [-0.05, 0) is 49.5 Å². The van der Waals surface area contributed by atoms with Crippen molar-refractivity contribution in [2.45, 2.75) is 51.1 Å². The second-order valence-corrected chi connectivity index (χ2v) is 9.06. The highest BCUT2D eigenvalue weighted by atomic mass is 32.2. The van der Waals surface area contributed by atoms with Gasteiger partial charge in [-0.15, -0.1) is 0 Å². The third-order valence-electron chi connectivity index (χ3n) is 5.80. The second-order valence-electron chi connectivity index (χ2n) is 7.94. The number of para-hydroxylation sites is 1. The van der Waals surface area contributed by atoms with Crippen LogP contribution >= 0.6 is 11.8 Å². The molecule has 1 amide bonds. The maximum atomic E-state index is 13.4. The van der Waals surface area contributed by atoms with Gasteiger partial charge in [0.1, 0.15) is 0 Å². The monoisotopic (exact) mass is 392 g/mol. The van der Waals surface area contributed by atoms with Crippen molar-refractivity contribution in [2.75, 3.05) is 5.32 Å². The van der Waals surface area contributed by atoms with Gasteiger partial charge < -0.3 is 10.2 Å². The minimum absolute atomic E-state index is 0.0582. The number of rotatable bonds is 4. The molecule has 2 aromatic carbocycles. The fraction of sp³-hybridized carbons (Fsp3) is 0.375. The summed E-state index contributed by atoms with van der Waals surface area (Å²) in [5, 5.41) is 3.59. The van der Waals surface area contributed by atoms with Crippen LogP contribution in [0.2, 0.25) is 0 Å². The van der Waals surface area contributed by atoms with E-state index in [1.165, 1.54) is 24.8 Å². The Morgan fingerprint density at radius 1 is 1.04 bits per heavy atom. The number of nitrogens with zero attached hydrogens (tertiary/aromatic N) is 1. The second kappa shape index (κ2) is 8.44. The molecule has 3 atom stereocenters. The van der Waals surface area contributed by atoms with E-state index in [0.29, 0.717) is 12.0 Å². The van der Waals surface area contributed by atoms with E-state index in [1.807, 2.05) is 24.3 Å². The van der Waals surface area contributed by atoms with Gasteiger partial charge in [0.25, 0.3) is 5.91 Å². The fourth-order valence-electron chi connectivity index (χ4n) is 4.18. The van der Waals surface area contributed by atoms with Crippen LogP contribution < -0.4 is 5.32 Å². The van der Waals surface area contributed by atoms with E-state index in [4.69, 9.17) is 0 Å². The van der Waals surface area contributed by atoms with Gasteiger partial charge in [-0.25, -0.2) is 0 Å². The Balaban J connectivity index is 1.63. The van der Waals surface area contributed by atoms with E-state index in [2.05, 4.69) is 60.5 Å². The summed E-state index contributed by atoms with van der Waals surface area (Å²) in [6, 6.07) is 18.9. The average Bonchev–Trinajstić information content (AvgIpc) is 3.00. The van der Waals surface area contributed by atoms with Gasteiger partial charge in [-0.1, -0.05) is 79.6 Å². The normalized spacial score (nSPS) is 26.6. The molecule has 1 aliphatic heterocycles. The average molecular weight is 393 g/mol. The number of carbonyl (C=O) groups is 1. The summed E-state index contributed by atoms with van der Waals surface area (Å²) >= 11 is 1.64. The molecule has 0 aromatic heterocycles. The topological polar surface area (TPSA) is 32.3 Å². The molecule has 3 nitrogen and oxygen atoms in total. The van der Waals surface area contributed by atoms with Crippen LogP contribution in [0.15, 0.2) is 59.5 Å². The van der Waals surface area contributed by atoms with Crippen molar-refractivity contribution in [3.05, 3.63) is 70.6 Å². The molecular formula is C24H28N2OS. The Bertz CT molecular complexity index is 847. The number of nitrogens with one attached hydrogen (secondary N) is 1. The van der Waals surface area contributed by atoms with Gasteiger partial charge in [0.05, 0.1) is 4.91 Å². The highest BCUT2D eigenvalue weighted by Gasteiger charge is 2.42. The van der Waals surface area contributed by atoms with E-state index in [0.717, 1.165) is 22.6 Å². The molecule has 4 heteroatoms. The minimum Gasteiger partial charge on any atom is -0.356 e. The van der Waals surface area contributed by atoms with Gasteiger partial charge in [0.15, 0.2) is 5.50 Å². The number of benzene rings is 2. The number of amides is 1. The van der Waals surface area contributed by atoms with Crippen molar-refractivity contribution in [1.82, 2.24) is 4.90 Å². The Kier molecular flexibility index (Phi) is 5.77. The Morgan fingerprint density at radius 3 is 2.46 bits per heavy atom. The molecule has 1 saturated heterocycles. The summed E-state index contributed by atoms with van der Waals surface area (Å²) in [6.45, 7) is 4.38. The van der Waals surface area contributed by atoms with Crippen molar-refractivity contribution in [2.24, 2.45) is 5.92 Å². The molecule has 4 rings (SSSR count). The number of hydrogen-bond acceptors (Lipinski definition) is 3. The maximum absolute atomic E-state index is 13.4. The molecule has 2 fully saturated rings. The number of aryl methyl sites for hydroxylation is 1. The summed E-state index contributed by atoms with van der Waals surface area (Å²) in [6.07, 6.45) is 6.82. The van der Waals surface area contributed by atoms with E-state index in [-0.39, 0.29) is 11.4 Å². The Hall–Kier alpha value is -2.20. The van der Waals surface area contributed by atoms with Crippen LogP contribution in [0.1, 0.15) is 43.7 Å². The third-order valence-corrected chi connectivity index (χ3v) is 6.91. The van der Waals surface area contributed by atoms with Crippen LogP contribution in [0.25, 0.3) is 6.08 Å². The first-order valence-electron chi connectivity index (χ1n) is 10.2. The molecule has 1 heterocycles. The van der Waals surface area contributed by atoms with Gasteiger partial charge in [0, 0.05) is 11.7 Å². The van der Waals surface area contributed by atoms with Crippen molar-refractivity contribution < 1.29 is 4.79 Å². The molecule has 1 N–H and O–H groups in total. The number of anilines is 1. The highest BCUT2D eigenvalue weighted by Crippen LogP contribution is 2.42. The molecule has 2 aliphatic rings. The minimum atomic E-state index is -0.0582. The van der Waals surface area contributed by atoms with Gasteiger partial charge in [0.2, 0.25) is 0 Å². The van der Waals surface area contributed by atoms with Gasteiger partial charge >= 0.3 is 0 Å². The number of carbonyl (C=O) groups excluding carboxylic acids is 1. The fourth-order valence-corrected chi connectivity index (χ4v) is 5.39. The van der Waals surface area contributed by atoms with Crippen LogP contribution in [0, 0.1) is 12.8 Å². The SMILES string of the molecule is Cc1ccc(/C=C2\SC(Nc3ccccc3)N([C@@H]3CCCC[C@@H]3C)C2=O)cc1. The first kappa shape index (κ1) is 19.1. The summed E-state index contributed by atoms with van der Waals surface area (Å²) in [4.78, 5) is 16.4. The van der Waals surface area contributed by atoms with E-state index < -0.39 is 0 Å². The standard InChI is InChI=1S/C24H28N2OS/c1-17-12-14-19(15-13-17)16-22-23(27)26(21-11-7-6-8-18(21)2)24(28-22)25-20-9-4-3-5-10-20/h3-5,9-10,12-16,18,21,24-25H,6-8,11H2,1-2H3/b22-16-/t18-,21+,24?/m0/s1. The highest BCUT2D eigenvalue weighted by molar-refractivity contribution is 8.05. The van der Waals surface area contributed by atoms with Crippen LogP contribution in [-0.2, 0) is 4.79 Å². The first-order chi connectivity index (χ1) is 13.6. The molecule has 1 aliphatic carbocycles. The van der Waals surface area contributed by atoms with Gasteiger partial charge in [-0.3, -0.25) is 4.79 Å². The molecular weight excluding hydrogens is 364 g/mol. The van der Waals surface area contributed by atoms with Gasteiger partial charge in [-0.2, -0.15) is 0 Å². The van der Waals surface area contributed by atoms with Crippen LogP contribution in [0.3, 0.4) is 0 Å². The zero-order valence-corrected chi connectivity index (χ0v) is 17.4. The third kappa shape index (κ3) is 4.12. The maximum Gasteiger partial charge on any atom is 0.262 e. The zero-order chi connectivity index (χ0) is 19.5. The van der Waals surface area contributed by atoms with E-state index >= 15 is 0 Å². The molecule has 0 bridgehead atoms. The molecule has 28 heavy (non-hydrogen) atoms. The number of thioether (sulfide) groups is 1. The summed E-state index contributed by atoms with van der Waals surface area (Å²) < 4.78 is 0. The quantitative estimate of drug-likeness (QED) is 0.659. The molecule has 0 spiro atoms. The Morgan fingerprint density at radius 2 is 1.75 bits per heavy atom. The lowest BCUT2D eigenvalue weighted by molar-refractivity contribution is -0.129. The predicted octanol–water partition coefficient (Wildman–Crippen LogP) is 5.89.